The number of anilines is 1. The monoisotopic (exact) mass is 276 g/mol. The van der Waals surface area contributed by atoms with Gasteiger partial charge < -0.3 is 15.1 Å². The van der Waals surface area contributed by atoms with Crippen LogP contribution >= 0.6 is 0 Å². The lowest BCUT2D eigenvalue weighted by atomic mass is 9.96. The Morgan fingerprint density at radius 2 is 2.10 bits per heavy atom. The molecule has 20 heavy (non-hydrogen) atoms. The van der Waals surface area contributed by atoms with Crippen molar-refractivity contribution in [2.24, 2.45) is 0 Å². The Hall–Kier alpha value is -2.11. The largest absolute Gasteiger partial charge is 0.372 e. The number of carbonyl (C=O) groups excluding carboxylic acids is 2. The molecule has 2 rings (SSSR count). The minimum absolute atomic E-state index is 0.0491. The highest BCUT2D eigenvalue weighted by Crippen LogP contribution is 2.25. The normalized spacial score (nSPS) is 18.1. The molecule has 1 aromatic rings. The first-order valence-electron chi connectivity index (χ1n) is 6.60. The Labute approximate surface area is 118 Å². The average molecular weight is 276 g/mol. The van der Waals surface area contributed by atoms with Crippen LogP contribution in [0.1, 0.15) is 24.2 Å². The highest BCUT2D eigenvalue weighted by molar-refractivity contribution is 6.02. The third-order valence-electron chi connectivity index (χ3n) is 3.72. The molecule has 0 radical (unpaired) electrons. The molecule has 1 fully saturated rings. The van der Waals surface area contributed by atoms with Crippen LogP contribution in [0.15, 0.2) is 18.3 Å². The third kappa shape index (κ3) is 2.21. The summed E-state index contributed by atoms with van der Waals surface area (Å²) in [6.07, 6.45) is 1.63. The first-order valence-corrected chi connectivity index (χ1v) is 6.60. The predicted octanol–water partition coefficient (Wildman–Crippen LogP) is 0.816. The summed E-state index contributed by atoms with van der Waals surface area (Å²) >= 11 is 0. The van der Waals surface area contributed by atoms with Gasteiger partial charge in [-0.1, -0.05) is 0 Å². The zero-order chi connectivity index (χ0) is 14.9. The van der Waals surface area contributed by atoms with Gasteiger partial charge in [-0.15, -0.1) is 0 Å². The van der Waals surface area contributed by atoms with Crippen LogP contribution in [0.4, 0.5) is 5.82 Å². The molecule has 0 aromatic carbocycles. The van der Waals surface area contributed by atoms with E-state index < -0.39 is 5.54 Å². The summed E-state index contributed by atoms with van der Waals surface area (Å²) in [6.45, 7) is 4.62. The van der Waals surface area contributed by atoms with Gasteiger partial charge in [0.05, 0.1) is 5.56 Å². The van der Waals surface area contributed by atoms with E-state index in [-0.39, 0.29) is 11.8 Å². The van der Waals surface area contributed by atoms with E-state index in [2.05, 4.69) is 10.3 Å². The number of nitrogens with one attached hydrogen (secondary N) is 1. The van der Waals surface area contributed by atoms with Gasteiger partial charge in [-0.2, -0.15) is 0 Å². The van der Waals surface area contributed by atoms with E-state index >= 15 is 0 Å². The molecule has 6 heteroatoms. The maximum absolute atomic E-state index is 12.7. The maximum atomic E-state index is 12.7. The number of piperazine rings is 1. The van der Waals surface area contributed by atoms with Crippen LogP contribution in [-0.4, -0.2) is 59.3 Å². The van der Waals surface area contributed by atoms with Crippen molar-refractivity contribution in [3.8, 4) is 0 Å². The Kier molecular flexibility index (Phi) is 3.65. The summed E-state index contributed by atoms with van der Waals surface area (Å²) in [5.41, 5.74) is -0.356. The van der Waals surface area contributed by atoms with Crippen LogP contribution in [0.2, 0.25) is 0 Å². The predicted molar refractivity (Wildman–Crippen MR) is 76.5 cm³/mol. The zero-order valence-electron chi connectivity index (χ0n) is 12.3. The minimum Gasteiger partial charge on any atom is -0.372 e. The Morgan fingerprint density at radius 1 is 1.40 bits per heavy atom. The number of hydrogen-bond donors (Lipinski definition) is 1. The van der Waals surface area contributed by atoms with Gasteiger partial charge >= 0.3 is 0 Å². The number of amides is 2. The molecule has 1 aromatic heterocycles. The lowest BCUT2D eigenvalue weighted by Gasteiger charge is -2.44. The second-order valence-electron chi connectivity index (χ2n) is 5.39. The van der Waals surface area contributed by atoms with Gasteiger partial charge in [0.25, 0.3) is 5.91 Å². The summed E-state index contributed by atoms with van der Waals surface area (Å²) in [6, 6.07) is 3.44. The van der Waals surface area contributed by atoms with Crippen LogP contribution in [0, 0.1) is 0 Å². The van der Waals surface area contributed by atoms with Crippen LogP contribution in [0.25, 0.3) is 0 Å². The second-order valence-corrected chi connectivity index (χ2v) is 5.39. The molecule has 0 aliphatic carbocycles. The van der Waals surface area contributed by atoms with Crippen molar-refractivity contribution in [3.63, 3.8) is 0 Å². The van der Waals surface area contributed by atoms with Crippen molar-refractivity contribution < 1.29 is 9.59 Å². The molecule has 0 bridgehead atoms. The number of likely N-dealkylation sites (N-methyl/N-ethyl adjacent to an activating group) is 1. The van der Waals surface area contributed by atoms with E-state index in [0.29, 0.717) is 24.5 Å². The standard InChI is InChI=1S/C14H20N4O2/c1-14(2)13(20)17(4)8-9-18(14)12(19)10-6-5-7-16-11(10)15-3/h5-7H,8-9H2,1-4H3,(H,15,16). The average Bonchev–Trinajstić information content (AvgIpc) is 2.44. The van der Waals surface area contributed by atoms with Gasteiger partial charge in [0.15, 0.2) is 0 Å². The van der Waals surface area contributed by atoms with E-state index in [9.17, 15) is 9.59 Å². The Bertz CT molecular complexity index is 542. The smallest absolute Gasteiger partial charge is 0.258 e. The summed E-state index contributed by atoms with van der Waals surface area (Å²) < 4.78 is 0. The van der Waals surface area contributed by atoms with Gasteiger partial charge in [0, 0.05) is 33.4 Å². The van der Waals surface area contributed by atoms with Crippen LogP contribution in [-0.2, 0) is 4.79 Å². The fourth-order valence-electron chi connectivity index (χ4n) is 2.49. The van der Waals surface area contributed by atoms with Crippen LogP contribution in [0.3, 0.4) is 0 Å². The van der Waals surface area contributed by atoms with E-state index in [1.807, 2.05) is 0 Å². The van der Waals surface area contributed by atoms with E-state index in [0.717, 1.165) is 0 Å². The topological polar surface area (TPSA) is 65.5 Å². The summed E-state index contributed by atoms with van der Waals surface area (Å²) in [5, 5.41) is 2.91. The van der Waals surface area contributed by atoms with E-state index in [1.165, 1.54) is 0 Å². The zero-order valence-corrected chi connectivity index (χ0v) is 12.3. The van der Waals surface area contributed by atoms with Gasteiger partial charge in [-0.3, -0.25) is 9.59 Å². The van der Waals surface area contributed by atoms with Gasteiger partial charge in [0.2, 0.25) is 5.91 Å². The summed E-state index contributed by atoms with van der Waals surface area (Å²) in [4.78, 5) is 32.4. The quantitative estimate of drug-likeness (QED) is 0.868. The number of carbonyl (C=O) groups is 2. The number of pyridine rings is 1. The van der Waals surface area contributed by atoms with Gasteiger partial charge in [-0.25, -0.2) is 4.98 Å². The Balaban J connectivity index is 2.36. The number of rotatable bonds is 2. The molecule has 2 heterocycles. The molecule has 1 saturated heterocycles. The fraction of sp³-hybridized carbons (Fsp3) is 0.500. The van der Waals surface area contributed by atoms with Crippen LogP contribution < -0.4 is 5.32 Å². The molecular weight excluding hydrogens is 256 g/mol. The molecule has 2 amide bonds. The number of aromatic nitrogens is 1. The third-order valence-corrected chi connectivity index (χ3v) is 3.72. The van der Waals surface area contributed by atoms with Crippen molar-refractivity contribution in [2.75, 3.05) is 32.5 Å². The first-order chi connectivity index (χ1) is 9.39. The lowest BCUT2D eigenvalue weighted by molar-refractivity contribution is -0.144. The first kappa shape index (κ1) is 14.3. The van der Waals surface area contributed by atoms with Crippen molar-refractivity contribution in [2.45, 2.75) is 19.4 Å². The summed E-state index contributed by atoms with van der Waals surface area (Å²) in [5.74, 6) is 0.306. The molecule has 0 saturated carbocycles. The molecular formula is C14H20N4O2. The fourth-order valence-corrected chi connectivity index (χ4v) is 2.49. The van der Waals surface area contributed by atoms with Crippen molar-refractivity contribution in [1.29, 1.82) is 0 Å². The lowest BCUT2D eigenvalue weighted by Crippen LogP contribution is -2.63. The van der Waals surface area contributed by atoms with E-state index in [1.54, 1.807) is 56.1 Å². The molecule has 108 valence electrons. The molecule has 6 nitrogen and oxygen atoms in total. The minimum atomic E-state index is -0.842. The summed E-state index contributed by atoms with van der Waals surface area (Å²) in [7, 11) is 3.48. The number of hydrogen-bond acceptors (Lipinski definition) is 4. The van der Waals surface area contributed by atoms with Crippen molar-refractivity contribution >= 4 is 17.6 Å². The highest BCUT2D eigenvalue weighted by atomic mass is 16.2. The molecule has 1 N–H and O–H groups in total. The van der Waals surface area contributed by atoms with Crippen LogP contribution in [0.5, 0.6) is 0 Å². The van der Waals surface area contributed by atoms with Gasteiger partial charge in [-0.05, 0) is 26.0 Å². The van der Waals surface area contributed by atoms with Gasteiger partial charge in [0.1, 0.15) is 11.4 Å². The molecule has 1 aliphatic heterocycles. The van der Waals surface area contributed by atoms with Crippen molar-refractivity contribution in [3.05, 3.63) is 23.9 Å². The van der Waals surface area contributed by atoms with E-state index in [4.69, 9.17) is 0 Å². The maximum Gasteiger partial charge on any atom is 0.258 e. The second kappa shape index (κ2) is 5.11. The molecule has 0 unspecified atom stereocenters. The molecule has 0 spiro atoms. The SMILES string of the molecule is CNc1ncccc1C(=O)N1CCN(C)C(=O)C1(C)C. The number of nitrogens with zero attached hydrogens (tertiary/aromatic N) is 3. The molecule has 1 aliphatic rings. The van der Waals surface area contributed by atoms with Crippen molar-refractivity contribution in [1.82, 2.24) is 14.8 Å². The molecule has 0 atom stereocenters. The highest BCUT2D eigenvalue weighted by Gasteiger charge is 2.43. The Morgan fingerprint density at radius 3 is 2.75 bits per heavy atom.